The smallest absolute Gasteiger partial charge is 0.522 e. The maximum atomic E-state index is 3.34. The second-order valence-corrected chi connectivity index (χ2v) is 3.10. The van der Waals surface area contributed by atoms with E-state index in [2.05, 4.69) is 32.9 Å². The molecule has 0 bridgehead atoms. The van der Waals surface area contributed by atoms with Crippen LogP contribution in [0.2, 0.25) is 6.32 Å². The van der Waals surface area contributed by atoms with Gasteiger partial charge in [0.25, 0.3) is 0 Å². The fourth-order valence-corrected chi connectivity index (χ4v) is 0.604. The molecule has 0 atom stereocenters. The number of unbranched alkanes of at least 4 members (excludes halogenated alkanes) is 2. The topological polar surface area (TPSA) is 12.0 Å². The van der Waals surface area contributed by atoms with E-state index in [0.29, 0.717) is 0 Å². The van der Waals surface area contributed by atoms with Gasteiger partial charge in [-0.05, 0) is 13.0 Å². The molecule has 1 nitrogen and oxygen atoms in total. The van der Waals surface area contributed by atoms with Gasteiger partial charge >= 0.3 is 29.6 Å². The largest absolute Gasteiger partial charge is 1.00 e. The van der Waals surface area contributed by atoms with Crippen molar-refractivity contribution in [3.05, 3.63) is 0 Å². The Hall–Kier alpha value is 1.02. The molecule has 0 rings (SSSR count). The molecule has 0 aromatic heterocycles. The van der Waals surface area contributed by atoms with Crippen LogP contribution in [-0.4, -0.2) is 14.0 Å². The summed E-state index contributed by atoms with van der Waals surface area (Å²) >= 11 is 0. The molecule has 0 aliphatic rings. The number of rotatable bonds is 6. The van der Waals surface area contributed by atoms with Crippen LogP contribution in [0, 0.1) is 0 Å². The summed E-state index contributed by atoms with van der Waals surface area (Å²) in [6, 6.07) is 0. The van der Waals surface area contributed by atoms with Gasteiger partial charge in [-0.3, -0.25) is 0 Å². The van der Waals surface area contributed by atoms with Crippen molar-refractivity contribution in [2.45, 2.75) is 59.7 Å². The summed E-state index contributed by atoms with van der Waals surface area (Å²) < 4.78 is 0. The molecule has 1 N–H and O–H groups in total. The van der Waals surface area contributed by atoms with Crippen LogP contribution in [0.25, 0.3) is 0 Å². The molecule has 0 unspecified atom stereocenters. The zero-order chi connectivity index (χ0) is 9.66. The van der Waals surface area contributed by atoms with E-state index in [9.17, 15) is 0 Å². The first-order chi connectivity index (χ1) is 5.83. The Balaban J connectivity index is -0.000000173. The van der Waals surface area contributed by atoms with E-state index in [1.807, 2.05) is 0 Å². The van der Waals surface area contributed by atoms with Gasteiger partial charge in [-0.25, -0.2) is 0 Å². The average molecular weight is 194 g/mol. The van der Waals surface area contributed by atoms with Crippen LogP contribution in [0.4, 0.5) is 0 Å². The molecule has 0 heterocycles. The molecular weight excluding hydrogens is 168 g/mol. The first kappa shape index (κ1) is 19.6. The second-order valence-electron chi connectivity index (χ2n) is 3.10. The van der Waals surface area contributed by atoms with Crippen molar-refractivity contribution in [3.63, 3.8) is 0 Å². The van der Waals surface area contributed by atoms with E-state index >= 15 is 0 Å². The molecule has 0 aliphatic carbocycles. The Morgan fingerprint density at radius 1 is 0.923 bits per heavy atom. The Morgan fingerprint density at radius 2 is 1.46 bits per heavy atom. The Kier molecular flexibility index (Phi) is 34.8. The molecule has 0 aromatic rings. The summed E-state index contributed by atoms with van der Waals surface area (Å²) in [5.41, 5.74) is 0. The minimum absolute atomic E-state index is 0. The van der Waals surface area contributed by atoms with Crippen molar-refractivity contribution in [1.29, 1.82) is 0 Å². The third-order valence-corrected chi connectivity index (χ3v) is 1.63. The Bertz CT molecular complexity index is 54.9. The molecule has 1 radical (unpaired) electrons. The summed E-state index contributed by atoms with van der Waals surface area (Å²) in [6.45, 7) is 9.97. The van der Waals surface area contributed by atoms with Crippen LogP contribution in [0.5, 0.6) is 0 Å². The quantitative estimate of drug-likeness (QED) is 0.462. The van der Waals surface area contributed by atoms with Gasteiger partial charge in [0.15, 0.2) is 0 Å². The Labute approximate surface area is 108 Å². The predicted molar refractivity (Wildman–Crippen MR) is 61.1 cm³/mol. The molecule has 0 saturated heterocycles. The normalized spacial score (nSPS) is 8.31. The van der Waals surface area contributed by atoms with Gasteiger partial charge < -0.3 is 5.23 Å². The van der Waals surface area contributed by atoms with Crippen LogP contribution in [-0.2, 0) is 0 Å². The Morgan fingerprint density at radius 3 is 1.77 bits per heavy atom. The van der Waals surface area contributed by atoms with Crippen molar-refractivity contribution in [3.8, 4) is 0 Å². The molecule has 75 valence electrons. The van der Waals surface area contributed by atoms with Gasteiger partial charge in [0, 0.05) is 0 Å². The van der Waals surface area contributed by atoms with Crippen LogP contribution in [0.15, 0.2) is 0 Å². The molecule has 0 amide bonds. The SMILES string of the molecule is CCCC.CC[BH-]NCCCC.[Na+]. The first-order valence-corrected chi connectivity index (χ1v) is 5.54. The standard InChI is InChI=1S/C6H16BN.C4H10.Na/c1-3-5-6-8-7-4-2;1-3-4-2;/h7-8H,3-6H2,1-2H3;3-4H2,1-2H3;/q-1;;+1. The van der Waals surface area contributed by atoms with Crippen molar-refractivity contribution in [2.24, 2.45) is 0 Å². The van der Waals surface area contributed by atoms with Crippen molar-refractivity contribution in [2.75, 3.05) is 6.54 Å². The minimum atomic E-state index is 0. The van der Waals surface area contributed by atoms with Crippen LogP contribution >= 0.6 is 0 Å². The monoisotopic (exact) mass is 194 g/mol. The molecule has 0 spiro atoms. The third-order valence-electron chi connectivity index (χ3n) is 1.63. The van der Waals surface area contributed by atoms with E-state index in [0.717, 1.165) is 0 Å². The number of hydrogen-bond acceptors (Lipinski definition) is 1. The van der Waals surface area contributed by atoms with Crippen LogP contribution in [0.3, 0.4) is 0 Å². The van der Waals surface area contributed by atoms with Gasteiger partial charge in [0.1, 0.15) is 0 Å². The van der Waals surface area contributed by atoms with Crippen LogP contribution in [0.1, 0.15) is 53.4 Å². The minimum Gasteiger partial charge on any atom is -0.522 e. The molecule has 0 fully saturated rings. The van der Waals surface area contributed by atoms with Gasteiger partial charge in [-0.2, -0.15) is 6.32 Å². The molecule has 0 aliphatic heterocycles. The van der Waals surface area contributed by atoms with E-state index in [4.69, 9.17) is 0 Å². The zero-order valence-corrected chi connectivity index (χ0v) is 12.4. The van der Waals surface area contributed by atoms with E-state index in [1.54, 1.807) is 0 Å². The average Bonchev–Trinajstić information content (AvgIpc) is 2.13. The zero-order valence-electron chi connectivity index (χ0n) is 10.4. The molecule has 13 heavy (non-hydrogen) atoms. The van der Waals surface area contributed by atoms with E-state index in [-0.39, 0.29) is 29.6 Å². The maximum Gasteiger partial charge on any atom is 1.00 e. The second kappa shape index (κ2) is 23.1. The first-order valence-electron chi connectivity index (χ1n) is 5.54. The summed E-state index contributed by atoms with van der Waals surface area (Å²) in [7, 11) is 1.18. The van der Waals surface area contributed by atoms with Gasteiger partial charge in [-0.15, -0.1) is 0 Å². The number of nitrogens with one attached hydrogen (secondary N) is 1. The molecule has 0 aromatic carbocycles. The fourth-order valence-electron chi connectivity index (χ4n) is 0.604. The van der Waals surface area contributed by atoms with Crippen molar-refractivity contribution in [1.82, 2.24) is 5.23 Å². The van der Waals surface area contributed by atoms with Gasteiger partial charge in [-0.1, -0.05) is 54.4 Å². The molecular formula is C10H26BNNa. The summed E-state index contributed by atoms with van der Waals surface area (Å²) in [5.74, 6) is 0. The van der Waals surface area contributed by atoms with Crippen molar-refractivity contribution >= 4 is 7.41 Å². The molecule has 0 saturated carbocycles. The third kappa shape index (κ3) is 32.1. The summed E-state index contributed by atoms with van der Waals surface area (Å²) in [6.07, 6.45) is 6.51. The predicted octanol–water partition coefficient (Wildman–Crippen LogP) is -0.0238. The summed E-state index contributed by atoms with van der Waals surface area (Å²) in [5, 5.41) is 3.34. The summed E-state index contributed by atoms with van der Waals surface area (Å²) in [4.78, 5) is 0. The van der Waals surface area contributed by atoms with Crippen molar-refractivity contribution < 1.29 is 29.6 Å². The van der Waals surface area contributed by atoms with E-state index in [1.165, 1.54) is 46.0 Å². The molecule has 3 heteroatoms. The van der Waals surface area contributed by atoms with Crippen LogP contribution < -0.4 is 34.8 Å². The van der Waals surface area contributed by atoms with E-state index < -0.39 is 0 Å². The fraction of sp³-hybridized carbons (Fsp3) is 1.00. The van der Waals surface area contributed by atoms with Gasteiger partial charge in [0.05, 0.1) is 0 Å². The number of hydrogen-bond donors (Lipinski definition) is 1. The maximum absolute atomic E-state index is 3.34. The van der Waals surface area contributed by atoms with Gasteiger partial charge in [0.2, 0.25) is 0 Å².